The van der Waals surface area contributed by atoms with Gasteiger partial charge in [-0.15, -0.1) is 11.3 Å². The molecule has 1 aromatic carbocycles. The van der Waals surface area contributed by atoms with E-state index in [-0.39, 0.29) is 11.5 Å². The molecule has 0 bridgehead atoms. The zero-order valence-corrected chi connectivity index (χ0v) is 17.0. The van der Waals surface area contributed by atoms with E-state index in [4.69, 9.17) is 4.74 Å². The van der Waals surface area contributed by atoms with E-state index in [2.05, 4.69) is 10.3 Å². The molecule has 1 aliphatic rings. The number of rotatable bonds is 5. The fourth-order valence-electron chi connectivity index (χ4n) is 3.47. The molecule has 1 amide bonds. The molecule has 0 saturated carbocycles. The van der Waals surface area contributed by atoms with Crippen LogP contribution >= 0.6 is 11.3 Å². The van der Waals surface area contributed by atoms with E-state index in [1.165, 1.54) is 6.92 Å². The maximum Gasteiger partial charge on any atom is 0.349 e. The molecular formula is C21H21N3O4S. The summed E-state index contributed by atoms with van der Waals surface area (Å²) in [5, 5.41) is 3.22. The molecule has 0 fully saturated rings. The topological polar surface area (TPSA) is 90.3 Å². The van der Waals surface area contributed by atoms with Crippen LogP contribution in [0.3, 0.4) is 0 Å². The van der Waals surface area contributed by atoms with Crippen LogP contribution in [-0.2, 0) is 29.0 Å². The minimum absolute atomic E-state index is 0.107. The predicted octanol–water partition coefficient (Wildman–Crippen LogP) is 2.57. The van der Waals surface area contributed by atoms with E-state index in [0.29, 0.717) is 33.7 Å². The van der Waals surface area contributed by atoms with Gasteiger partial charge < -0.3 is 10.1 Å². The average Bonchev–Trinajstić information content (AvgIpc) is 3.32. The van der Waals surface area contributed by atoms with Crippen molar-refractivity contribution < 1.29 is 14.3 Å². The molecule has 8 heteroatoms. The van der Waals surface area contributed by atoms with Crippen LogP contribution in [0.25, 0.3) is 10.2 Å². The van der Waals surface area contributed by atoms with Crippen molar-refractivity contribution in [2.45, 2.75) is 45.9 Å². The second kappa shape index (κ2) is 7.79. The molecule has 0 aliphatic carbocycles. The molecule has 0 unspecified atom stereocenters. The second-order valence-corrected chi connectivity index (χ2v) is 8.07. The molecule has 3 aromatic rings. The molecule has 29 heavy (non-hydrogen) atoms. The van der Waals surface area contributed by atoms with Gasteiger partial charge in [-0.2, -0.15) is 0 Å². The molecule has 0 spiro atoms. The lowest BCUT2D eigenvalue weighted by atomic mass is 10.2. The number of benzene rings is 1. The number of amides is 1. The van der Waals surface area contributed by atoms with E-state index in [1.54, 1.807) is 11.5 Å². The zero-order chi connectivity index (χ0) is 20.5. The number of esters is 1. The van der Waals surface area contributed by atoms with Crippen molar-refractivity contribution >= 4 is 33.4 Å². The van der Waals surface area contributed by atoms with Crippen LogP contribution in [0.5, 0.6) is 0 Å². The van der Waals surface area contributed by atoms with Gasteiger partial charge in [-0.3, -0.25) is 14.2 Å². The van der Waals surface area contributed by atoms with Crippen molar-refractivity contribution in [1.29, 1.82) is 0 Å². The van der Waals surface area contributed by atoms with Gasteiger partial charge in [0.1, 0.15) is 15.5 Å². The Kier molecular flexibility index (Phi) is 5.19. The van der Waals surface area contributed by atoms with E-state index in [1.807, 2.05) is 30.3 Å². The molecule has 150 valence electrons. The fraction of sp³-hybridized carbons (Fsp3) is 0.333. The maximum atomic E-state index is 12.7. The number of fused-ring (bicyclic) bond motifs is 2. The molecule has 7 nitrogen and oxygen atoms in total. The van der Waals surface area contributed by atoms with Crippen LogP contribution in [0.4, 0.5) is 0 Å². The summed E-state index contributed by atoms with van der Waals surface area (Å²) >= 11 is 1.15. The average molecular weight is 411 g/mol. The van der Waals surface area contributed by atoms with Gasteiger partial charge in [0, 0.05) is 19.5 Å². The quantitative estimate of drug-likeness (QED) is 0.652. The van der Waals surface area contributed by atoms with E-state index >= 15 is 0 Å². The summed E-state index contributed by atoms with van der Waals surface area (Å²) in [6.45, 7) is 4.27. The number of aromatic nitrogens is 2. The Morgan fingerprint density at radius 2 is 2.07 bits per heavy atom. The number of thiophene rings is 1. The van der Waals surface area contributed by atoms with Crippen molar-refractivity contribution in [1.82, 2.24) is 14.9 Å². The van der Waals surface area contributed by atoms with Crippen molar-refractivity contribution in [2.24, 2.45) is 0 Å². The molecule has 4 rings (SSSR count). The smallest absolute Gasteiger partial charge is 0.349 e. The first-order chi connectivity index (χ1) is 14.0. The van der Waals surface area contributed by atoms with Gasteiger partial charge in [0.25, 0.3) is 11.5 Å². The van der Waals surface area contributed by atoms with Crippen LogP contribution in [0.2, 0.25) is 0 Å². The predicted molar refractivity (Wildman–Crippen MR) is 110 cm³/mol. The number of nitrogens with one attached hydrogen (secondary N) is 1. The first kappa shape index (κ1) is 19.3. The van der Waals surface area contributed by atoms with Gasteiger partial charge >= 0.3 is 5.97 Å². The number of aryl methyl sites for hydroxylation is 2. The summed E-state index contributed by atoms with van der Waals surface area (Å²) in [5.41, 5.74) is 1.41. The third-order valence-corrected chi connectivity index (χ3v) is 6.23. The zero-order valence-electron chi connectivity index (χ0n) is 16.2. The molecule has 1 atom stereocenters. The first-order valence-corrected chi connectivity index (χ1v) is 10.3. The molecular weight excluding hydrogens is 390 g/mol. The maximum absolute atomic E-state index is 12.7. The molecule has 3 heterocycles. The number of carbonyl (C=O) groups is 2. The van der Waals surface area contributed by atoms with Crippen LogP contribution in [0.15, 0.2) is 35.1 Å². The Hall–Kier alpha value is -3.00. The van der Waals surface area contributed by atoms with Crippen LogP contribution in [-0.4, -0.2) is 27.5 Å². The van der Waals surface area contributed by atoms with Gasteiger partial charge in [-0.1, -0.05) is 30.3 Å². The highest BCUT2D eigenvalue weighted by Crippen LogP contribution is 2.29. The van der Waals surface area contributed by atoms with Crippen LogP contribution < -0.4 is 10.9 Å². The highest BCUT2D eigenvalue weighted by molar-refractivity contribution is 7.20. The third-order valence-electron chi connectivity index (χ3n) is 5.06. The van der Waals surface area contributed by atoms with Crippen molar-refractivity contribution in [3.63, 3.8) is 0 Å². The van der Waals surface area contributed by atoms with Gasteiger partial charge in [0.15, 0.2) is 6.10 Å². The molecule has 1 N–H and O–H groups in total. The highest BCUT2D eigenvalue weighted by atomic mass is 32.1. The summed E-state index contributed by atoms with van der Waals surface area (Å²) in [4.78, 5) is 43.1. The van der Waals surface area contributed by atoms with Crippen molar-refractivity contribution in [3.8, 4) is 0 Å². The van der Waals surface area contributed by atoms with Gasteiger partial charge in [0.2, 0.25) is 0 Å². The summed E-state index contributed by atoms with van der Waals surface area (Å²) in [6.07, 6.45) is 0.721. The van der Waals surface area contributed by atoms with E-state index < -0.39 is 12.1 Å². The summed E-state index contributed by atoms with van der Waals surface area (Å²) in [6, 6.07) is 9.49. The summed E-state index contributed by atoms with van der Waals surface area (Å²) < 4.78 is 7.04. The first-order valence-electron chi connectivity index (χ1n) is 9.51. The van der Waals surface area contributed by atoms with Crippen molar-refractivity contribution in [2.75, 3.05) is 0 Å². The minimum Gasteiger partial charge on any atom is -0.448 e. The second-order valence-electron chi connectivity index (χ2n) is 7.08. The lowest BCUT2D eigenvalue weighted by molar-refractivity contribution is -0.129. The Labute approximate surface area is 171 Å². The van der Waals surface area contributed by atoms with Crippen LogP contribution in [0.1, 0.15) is 40.0 Å². The Morgan fingerprint density at radius 3 is 2.83 bits per heavy atom. The number of hydrogen-bond acceptors (Lipinski definition) is 6. The lowest BCUT2D eigenvalue weighted by Gasteiger charge is -2.13. The Morgan fingerprint density at radius 1 is 1.31 bits per heavy atom. The van der Waals surface area contributed by atoms with Crippen LogP contribution in [0, 0.1) is 6.92 Å². The number of ether oxygens (including phenoxy) is 1. The largest absolute Gasteiger partial charge is 0.448 e. The van der Waals surface area contributed by atoms with E-state index in [9.17, 15) is 14.4 Å². The standard InChI is InChI=1S/C21H21N3O4S/c1-12-16-19(23-15-9-6-10-24(15)20(16)26)29-17(12)21(27)28-13(2)18(25)22-11-14-7-4-3-5-8-14/h3-5,7-8,13H,6,9-11H2,1-2H3,(H,22,25)/t13-/m1/s1. The lowest BCUT2D eigenvalue weighted by Crippen LogP contribution is -2.35. The third kappa shape index (κ3) is 3.67. The fourth-order valence-corrected chi connectivity index (χ4v) is 4.54. The Bertz CT molecular complexity index is 1150. The monoisotopic (exact) mass is 411 g/mol. The molecule has 1 aliphatic heterocycles. The Balaban J connectivity index is 1.49. The van der Waals surface area contributed by atoms with Gasteiger partial charge in [0.05, 0.1) is 5.39 Å². The summed E-state index contributed by atoms with van der Waals surface area (Å²) in [5.74, 6) is -0.229. The minimum atomic E-state index is -0.949. The molecule has 0 saturated heterocycles. The SMILES string of the molecule is Cc1c(C(=O)O[C@H](C)C(=O)NCc2ccccc2)sc2nc3n(c(=O)c12)CCC3. The summed E-state index contributed by atoms with van der Waals surface area (Å²) in [7, 11) is 0. The van der Waals surface area contributed by atoms with E-state index in [0.717, 1.165) is 35.6 Å². The van der Waals surface area contributed by atoms with Gasteiger partial charge in [-0.25, -0.2) is 9.78 Å². The molecule has 0 radical (unpaired) electrons. The van der Waals surface area contributed by atoms with Gasteiger partial charge in [-0.05, 0) is 31.4 Å². The van der Waals surface area contributed by atoms with Crippen molar-refractivity contribution in [3.05, 3.63) is 62.5 Å². The number of nitrogens with zero attached hydrogens (tertiary/aromatic N) is 2. The number of hydrogen-bond donors (Lipinski definition) is 1. The normalized spacial score (nSPS) is 13.9. The number of carbonyl (C=O) groups excluding carboxylic acids is 2. The molecule has 2 aromatic heterocycles. The highest BCUT2D eigenvalue weighted by Gasteiger charge is 2.26.